The van der Waals surface area contributed by atoms with Crippen LogP contribution in [0.1, 0.15) is 119 Å². The molecule has 0 saturated heterocycles. The van der Waals surface area contributed by atoms with E-state index < -0.39 is 14.3 Å². The molecule has 0 rings (SSSR count). The van der Waals surface area contributed by atoms with Crippen LogP contribution in [0.25, 0.3) is 0 Å². The molecule has 0 amide bonds. The molecule has 0 atom stereocenters. The van der Waals surface area contributed by atoms with Crippen LogP contribution in [0.3, 0.4) is 0 Å². The molecule has 0 heterocycles. The lowest BCUT2D eigenvalue weighted by Crippen LogP contribution is -2.23. The van der Waals surface area contributed by atoms with Gasteiger partial charge >= 0.3 is 0 Å². The van der Waals surface area contributed by atoms with Crippen LogP contribution in [0.4, 0.5) is 0 Å². The quantitative estimate of drug-likeness (QED) is 0.137. The SMILES string of the molecule is CCCC[P+]([B-][P+](CCCC)(CCCC)CCCC)(CCCC)CCCC. The lowest BCUT2D eigenvalue weighted by atomic mass is 10.4. The second-order valence-corrected chi connectivity index (χ2v) is 17.5. The number of hydrogen-bond donors (Lipinski definition) is 0. The summed E-state index contributed by atoms with van der Waals surface area (Å²) < 4.78 is 0. The Kier molecular flexibility index (Phi) is 18.4. The molecule has 3 heteroatoms. The van der Waals surface area contributed by atoms with Crippen LogP contribution in [-0.4, -0.2) is 43.7 Å². The topological polar surface area (TPSA) is 0 Å². The fourth-order valence-corrected chi connectivity index (χ4v) is 18.3. The lowest BCUT2D eigenvalue weighted by molar-refractivity contribution is 0.840. The Morgan fingerprint density at radius 1 is 0.370 bits per heavy atom. The minimum absolute atomic E-state index is 0.863. The van der Waals surface area contributed by atoms with E-state index in [1.165, 1.54) is 77.0 Å². The molecule has 0 N–H and O–H groups in total. The van der Waals surface area contributed by atoms with E-state index in [1.54, 1.807) is 37.0 Å². The maximum atomic E-state index is 3.24. The van der Waals surface area contributed by atoms with Crippen molar-refractivity contribution in [1.82, 2.24) is 0 Å². The molecule has 2 radical (unpaired) electrons. The van der Waals surface area contributed by atoms with Gasteiger partial charge in [-0.3, -0.25) is 0 Å². The van der Waals surface area contributed by atoms with E-state index in [0.717, 1.165) is 0 Å². The van der Waals surface area contributed by atoms with Crippen molar-refractivity contribution in [3.8, 4) is 0 Å². The van der Waals surface area contributed by atoms with E-state index in [1.807, 2.05) is 0 Å². The van der Waals surface area contributed by atoms with E-state index in [2.05, 4.69) is 48.3 Å². The van der Waals surface area contributed by atoms with Crippen molar-refractivity contribution in [2.45, 2.75) is 119 Å². The molecule has 0 aromatic rings. The van der Waals surface area contributed by atoms with Crippen molar-refractivity contribution in [3.05, 3.63) is 0 Å². The highest BCUT2D eigenvalue weighted by Crippen LogP contribution is 2.74. The molecule has 0 bridgehead atoms. The zero-order chi connectivity index (χ0) is 20.4. The highest BCUT2D eigenvalue weighted by Gasteiger charge is 2.39. The van der Waals surface area contributed by atoms with Crippen LogP contribution in [0.2, 0.25) is 0 Å². The van der Waals surface area contributed by atoms with Gasteiger partial charge in [-0.1, -0.05) is 80.1 Å². The second kappa shape index (κ2) is 17.8. The first kappa shape index (κ1) is 27.9. The normalized spacial score (nSPS) is 12.7. The van der Waals surface area contributed by atoms with E-state index in [9.17, 15) is 0 Å². The number of hydrogen-bond acceptors (Lipinski definition) is 0. The molecule has 0 nitrogen and oxygen atoms in total. The third kappa shape index (κ3) is 12.3. The summed E-state index contributed by atoms with van der Waals surface area (Å²) in [6.45, 7) is 17.7. The average molecular weight is 415 g/mol. The van der Waals surface area contributed by atoms with Gasteiger partial charge in [0.15, 0.2) is 6.72 Å². The molecule has 0 unspecified atom stereocenters. The summed E-state index contributed by atoms with van der Waals surface area (Å²) in [5.74, 6) is 0. The second-order valence-electron chi connectivity index (χ2n) is 9.02. The van der Waals surface area contributed by atoms with Crippen LogP contribution in [0, 0.1) is 0 Å². The van der Waals surface area contributed by atoms with Crippen LogP contribution < -0.4 is 0 Å². The van der Waals surface area contributed by atoms with Gasteiger partial charge < -0.3 is 0 Å². The van der Waals surface area contributed by atoms with Gasteiger partial charge in [-0.15, -0.1) is 0 Å². The Balaban J connectivity index is 5.66. The van der Waals surface area contributed by atoms with Crippen molar-refractivity contribution in [2.24, 2.45) is 0 Å². The minimum atomic E-state index is -0.863. The van der Waals surface area contributed by atoms with Gasteiger partial charge in [-0.25, -0.2) is 0 Å². The van der Waals surface area contributed by atoms with Gasteiger partial charge in [-0.05, 0) is 38.5 Å². The lowest BCUT2D eigenvalue weighted by Gasteiger charge is -2.45. The predicted molar refractivity (Wildman–Crippen MR) is 138 cm³/mol. The number of rotatable bonds is 20. The summed E-state index contributed by atoms with van der Waals surface area (Å²) >= 11 is 0. The van der Waals surface area contributed by atoms with E-state index in [4.69, 9.17) is 0 Å². The fraction of sp³-hybridized carbons (Fsp3) is 1.00. The first-order valence-electron chi connectivity index (χ1n) is 12.7. The van der Waals surface area contributed by atoms with E-state index >= 15 is 0 Å². The molecule has 0 aromatic heterocycles. The maximum absolute atomic E-state index is 3.24. The summed E-state index contributed by atoms with van der Waals surface area (Å²) in [5, 5.41) is 0. The Morgan fingerprint density at radius 2 is 0.556 bits per heavy atom. The summed E-state index contributed by atoms with van der Waals surface area (Å²) in [4.78, 5) is 0. The Labute approximate surface area is 176 Å². The van der Waals surface area contributed by atoms with Crippen molar-refractivity contribution in [2.75, 3.05) is 37.0 Å². The Morgan fingerprint density at radius 3 is 0.704 bits per heavy atom. The third-order valence-corrected chi connectivity index (χ3v) is 17.4. The van der Waals surface area contributed by atoms with Gasteiger partial charge in [0.1, 0.15) is 0 Å². The molecule has 0 saturated carbocycles. The van der Waals surface area contributed by atoms with Crippen LogP contribution >= 0.6 is 14.3 Å². The molecule has 0 spiro atoms. The smallest absolute Gasteiger partial charge is 0.161 e. The molecule has 27 heavy (non-hydrogen) atoms. The molecule has 162 valence electrons. The maximum Gasteiger partial charge on any atom is 0.169 e. The standard InChI is InChI=1S/C24H54BP2/c1-7-13-19-26(20-14-8-2,21-15-9-3)25-27(22-16-10-4,23-17-11-5)24-18-12-6/h7-24H2,1-6H3/q+1. The molecule has 0 fully saturated rings. The van der Waals surface area contributed by atoms with Gasteiger partial charge in [0.05, 0.1) is 0 Å². The van der Waals surface area contributed by atoms with Crippen molar-refractivity contribution < 1.29 is 0 Å². The summed E-state index contributed by atoms with van der Waals surface area (Å²) in [6.07, 6.45) is 26.7. The average Bonchev–Trinajstić information content (AvgIpc) is 2.70. The molecule has 0 aliphatic carbocycles. The third-order valence-electron chi connectivity index (χ3n) is 6.23. The zero-order valence-corrected chi connectivity index (χ0v) is 22.0. The number of unbranched alkanes of at least 4 members (excludes halogenated alkanes) is 6. The van der Waals surface area contributed by atoms with E-state index in [-0.39, 0.29) is 0 Å². The van der Waals surface area contributed by atoms with Gasteiger partial charge in [0, 0.05) is 37.0 Å². The van der Waals surface area contributed by atoms with Crippen molar-refractivity contribution in [3.63, 3.8) is 0 Å². The first-order valence-corrected chi connectivity index (χ1v) is 17.5. The van der Waals surface area contributed by atoms with E-state index in [0.29, 0.717) is 0 Å². The fourth-order valence-electron chi connectivity index (χ4n) is 4.37. The van der Waals surface area contributed by atoms with Gasteiger partial charge in [0.25, 0.3) is 0 Å². The molecular formula is C24H54BP2+. The molecule has 0 aliphatic rings. The minimum Gasteiger partial charge on any atom is -0.161 e. The largest absolute Gasteiger partial charge is 0.169 e. The first-order chi connectivity index (χ1) is 13.1. The highest BCUT2D eigenvalue weighted by atomic mass is 31.2. The molecule has 0 aromatic carbocycles. The van der Waals surface area contributed by atoms with Crippen molar-refractivity contribution >= 4 is 21.0 Å². The predicted octanol–water partition coefficient (Wildman–Crippen LogP) is 9.36. The summed E-state index contributed by atoms with van der Waals surface area (Å²) in [7, 11) is -1.73. The van der Waals surface area contributed by atoms with Crippen LogP contribution in [0.5, 0.6) is 0 Å². The van der Waals surface area contributed by atoms with Gasteiger partial charge in [0.2, 0.25) is 0 Å². The Bertz CT molecular complexity index is 246. The van der Waals surface area contributed by atoms with Crippen LogP contribution in [-0.2, 0) is 0 Å². The van der Waals surface area contributed by atoms with Gasteiger partial charge in [-0.2, -0.15) is 14.3 Å². The monoisotopic (exact) mass is 415 g/mol. The summed E-state index contributed by atoms with van der Waals surface area (Å²) in [6, 6.07) is 0. The van der Waals surface area contributed by atoms with Crippen molar-refractivity contribution in [1.29, 1.82) is 0 Å². The zero-order valence-electron chi connectivity index (χ0n) is 20.2. The summed E-state index contributed by atoms with van der Waals surface area (Å²) in [5.41, 5.74) is 0. The molecular weight excluding hydrogens is 361 g/mol. The van der Waals surface area contributed by atoms with Crippen LogP contribution in [0.15, 0.2) is 0 Å². The highest BCUT2D eigenvalue weighted by molar-refractivity contribution is 8.28. The molecule has 0 aliphatic heterocycles. The Hall–Kier alpha value is 0.925.